The Labute approximate surface area is 133 Å². The third-order valence-corrected chi connectivity index (χ3v) is 4.63. The van der Waals surface area contributed by atoms with Gasteiger partial charge < -0.3 is 19.9 Å². The smallest absolute Gasteiger partial charge is 0.319 e. The van der Waals surface area contributed by atoms with E-state index >= 15 is 0 Å². The Hall–Kier alpha value is -1.30. The number of piperidine rings is 1. The van der Waals surface area contributed by atoms with Gasteiger partial charge in [0.25, 0.3) is 0 Å². The molecule has 0 aromatic heterocycles. The summed E-state index contributed by atoms with van der Waals surface area (Å²) in [6, 6.07) is 0.0381. The van der Waals surface area contributed by atoms with Crippen LogP contribution < -0.4 is 5.32 Å². The van der Waals surface area contributed by atoms with Crippen LogP contribution in [0.5, 0.6) is 0 Å². The summed E-state index contributed by atoms with van der Waals surface area (Å²) in [6.07, 6.45) is 4.87. The maximum atomic E-state index is 12.2. The van der Waals surface area contributed by atoms with Crippen molar-refractivity contribution in [1.29, 1.82) is 0 Å². The van der Waals surface area contributed by atoms with Crippen molar-refractivity contribution in [3.8, 4) is 0 Å². The van der Waals surface area contributed by atoms with Gasteiger partial charge in [0.05, 0.1) is 0 Å². The van der Waals surface area contributed by atoms with E-state index in [9.17, 15) is 9.59 Å². The summed E-state index contributed by atoms with van der Waals surface area (Å²) in [5.74, 6) is 0.788. The van der Waals surface area contributed by atoms with E-state index in [0.29, 0.717) is 19.0 Å². The predicted octanol–water partition coefficient (Wildman–Crippen LogP) is 1.31. The maximum absolute atomic E-state index is 12.2. The van der Waals surface area contributed by atoms with E-state index in [1.807, 2.05) is 4.90 Å². The Kier molecular flexibility index (Phi) is 6.49. The lowest BCUT2D eigenvalue weighted by atomic mass is 9.95. The standard InChI is InChI=1S/C16H29N3O3/c1-18(2)16(21)19-9-6-14(7-10-19)15(20)17-8-5-13-4-3-11-22-12-13/h13-14H,3-12H2,1-2H3,(H,17,20). The minimum atomic E-state index is 0.0381. The van der Waals surface area contributed by atoms with Gasteiger partial charge in [0.2, 0.25) is 5.91 Å². The first-order valence-electron chi connectivity index (χ1n) is 8.39. The van der Waals surface area contributed by atoms with Crippen LogP contribution in [0.2, 0.25) is 0 Å². The average Bonchev–Trinajstić information content (AvgIpc) is 2.55. The first kappa shape index (κ1) is 17.1. The van der Waals surface area contributed by atoms with Crippen LogP contribution >= 0.6 is 0 Å². The molecule has 2 fully saturated rings. The molecule has 0 bridgehead atoms. The van der Waals surface area contributed by atoms with Crippen molar-refractivity contribution in [2.24, 2.45) is 11.8 Å². The van der Waals surface area contributed by atoms with Crippen molar-refractivity contribution in [3.63, 3.8) is 0 Å². The van der Waals surface area contributed by atoms with Gasteiger partial charge in [-0.3, -0.25) is 4.79 Å². The van der Waals surface area contributed by atoms with Crippen molar-refractivity contribution >= 4 is 11.9 Å². The van der Waals surface area contributed by atoms with E-state index < -0.39 is 0 Å². The third kappa shape index (κ3) is 4.87. The van der Waals surface area contributed by atoms with E-state index in [1.165, 1.54) is 6.42 Å². The minimum Gasteiger partial charge on any atom is -0.381 e. The summed E-state index contributed by atoms with van der Waals surface area (Å²) in [5, 5.41) is 3.06. The molecule has 2 aliphatic heterocycles. The molecule has 2 rings (SSSR count). The first-order chi connectivity index (χ1) is 10.6. The zero-order valence-electron chi connectivity index (χ0n) is 13.8. The Morgan fingerprint density at radius 1 is 1.23 bits per heavy atom. The molecule has 0 saturated carbocycles. The zero-order chi connectivity index (χ0) is 15.9. The van der Waals surface area contributed by atoms with Crippen LogP contribution in [0, 0.1) is 11.8 Å². The second kappa shape index (κ2) is 8.36. The highest BCUT2D eigenvalue weighted by Gasteiger charge is 2.27. The Morgan fingerprint density at radius 3 is 2.55 bits per heavy atom. The zero-order valence-corrected chi connectivity index (χ0v) is 13.8. The van der Waals surface area contributed by atoms with Gasteiger partial charge in [-0.1, -0.05) is 0 Å². The molecule has 6 nitrogen and oxygen atoms in total. The highest BCUT2D eigenvalue weighted by Crippen LogP contribution is 2.19. The third-order valence-electron chi connectivity index (χ3n) is 4.63. The Bertz CT molecular complexity index is 373. The van der Waals surface area contributed by atoms with Gasteiger partial charge >= 0.3 is 6.03 Å². The quantitative estimate of drug-likeness (QED) is 0.851. The second-order valence-corrected chi connectivity index (χ2v) is 6.60. The number of amides is 3. The minimum absolute atomic E-state index is 0.0381. The van der Waals surface area contributed by atoms with Crippen LogP contribution in [-0.4, -0.2) is 68.7 Å². The summed E-state index contributed by atoms with van der Waals surface area (Å²) in [7, 11) is 3.52. The molecule has 1 N–H and O–H groups in total. The van der Waals surface area contributed by atoms with Crippen LogP contribution in [0.25, 0.3) is 0 Å². The molecule has 0 aliphatic carbocycles. The lowest BCUT2D eigenvalue weighted by Crippen LogP contribution is -2.46. The number of carbonyl (C=O) groups excluding carboxylic acids is 2. The largest absolute Gasteiger partial charge is 0.381 e. The number of nitrogens with one attached hydrogen (secondary N) is 1. The van der Waals surface area contributed by atoms with Crippen molar-refractivity contribution in [2.45, 2.75) is 32.1 Å². The van der Waals surface area contributed by atoms with Gasteiger partial charge in [-0.2, -0.15) is 0 Å². The fourth-order valence-corrected chi connectivity index (χ4v) is 3.19. The number of carbonyl (C=O) groups is 2. The molecule has 0 aromatic rings. The molecular formula is C16H29N3O3. The Balaban J connectivity index is 1.63. The second-order valence-electron chi connectivity index (χ2n) is 6.60. The molecule has 22 heavy (non-hydrogen) atoms. The highest BCUT2D eigenvalue weighted by molar-refractivity contribution is 5.79. The van der Waals surface area contributed by atoms with Crippen molar-refractivity contribution in [2.75, 3.05) is 46.9 Å². The van der Waals surface area contributed by atoms with E-state index in [0.717, 1.165) is 45.4 Å². The summed E-state index contributed by atoms with van der Waals surface area (Å²) in [4.78, 5) is 27.5. The fraction of sp³-hybridized carbons (Fsp3) is 0.875. The summed E-state index contributed by atoms with van der Waals surface area (Å²) < 4.78 is 5.46. The van der Waals surface area contributed by atoms with E-state index in [-0.39, 0.29) is 17.9 Å². The monoisotopic (exact) mass is 311 g/mol. The molecule has 1 atom stereocenters. The van der Waals surface area contributed by atoms with Gasteiger partial charge in [0, 0.05) is 52.9 Å². The summed E-state index contributed by atoms with van der Waals surface area (Å²) >= 11 is 0. The molecule has 6 heteroatoms. The van der Waals surface area contributed by atoms with Gasteiger partial charge in [0.1, 0.15) is 0 Å². The molecule has 3 amide bonds. The molecule has 2 aliphatic rings. The van der Waals surface area contributed by atoms with Crippen LogP contribution in [-0.2, 0) is 9.53 Å². The van der Waals surface area contributed by atoms with E-state index in [1.54, 1.807) is 19.0 Å². The molecule has 2 saturated heterocycles. The first-order valence-corrected chi connectivity index (χ1v) is 8.39. The molecule has 0 spiro atoms. The number of hydrogen-bond acceptors (Lipinski definition) is 3. The van der Waals surface area contributed by atoms with Gasteiger partial charge in [-0.15, -0.1) is 0 Å². The number of rotatable bonds is 4. The SMILES string of the molecule is CN(C)C(=O)N1CCC(C(=O)NCCC2CCCOC2)CC1. The number of urea groups is 1. The van der Waals surface area contributed by atoms with Crippen LogP contribution in [0.3, 0.4) is 0 Å². The molecule has 0 aromatic carbocycles. The van der Waals surface area contributed by atoms with Crippen molar-refractivity contribution < 1.29 is 14.3 Å². The number of nitrogens with zero attached hydrogens (tertiary/aromatic N) is 2. The lowest BCUT2D eigenvalue weighted by Gasteiger charge is -2.33. The molecular weight excluding hydrogens is 282 g/mol. The predicted molar refractivity (Wildman–Crippen MR) is 84.5 cm³/mol. The van der Waals surface area contributed by atoms with Gasteiger partial charge in [0.15, 0.2) is 0 Å². The molecule has 126 valence electrons. The summed E-state index contributed by atoms with van der Waals surface area (Å²) in [6.45, 7) is 3.80. The van der Waals surface area contributed by atoms with Gasteiger partial charge in [-0.25, -0.2) is 4.79 Å². The van der Waals surface area contributed by atoms with E-state index in [2.05, 4.69) is 5.32 Å². The topological polar surface area (TPSA) is 61.9 Å². The maximum Gasteiger partial charge on any atom is 0.319 e. The van der Waals surface area contributed by atoms with E-state index in [4.69, 9.17) is 4.74 Å². The molecule has 0 radical (unpaired) electrons. The van der Waals surface area contributed by atoms with Gasteiger partial charge in [-0.05, 0) is 38.0 Å². The van der Waals surface area contributed by atoms with Crippen LogP contribution in [0.15, 0.2) is 0 Å². The summed E-state index contributed by atoms with van der Waals surface area (Å²) in [5.41, 5.74) is 0. The van der Waals surface area contributed by atoms with Crippen LogP contribution in [0.1, 0.15) is 32.1 Å². The van der Waals surface area contributed by atoms with Crippen LogP contribution in [0.4, 0.5) is 4.79 Å². The molecule has 1 unspecified atom stereocenters. The number of hydrogen-bond donors (Lipinski definition) is 1. The normalized spacial score (nSPS) is 23.2. The van der Waals surface area contributed by atoms with Crippen molar-refractivity contribution in [3.05, 3.63) is 0 Å². The fourth-order valence-electron chi connectivity index (χ4n) is 3.19. The number of ether oxygens (including phenoxy) is 1. The average molecular weight is 311 g/mol. The lowest BCUT2D eigenvalue weighted by molar-refractivity contribution is -0.126. The number of likely N-dealkylation sites (tertiary alicyclic amines) is 1. The van der Waals surface area contributed by atoms with Crippen molar-refractivity contribution in [1.82, 2.24) is 15.1 Å². The highest BCUT2D eigenvalue weighted by atomic mass is 16.5. The molecule has 2 heterocycles. The Morgan fingerprint density at radius 2 is 1.95 bits per heavy atom.